The van der Waals surface area contributed by atoms with Gasteiger partial charge < -0.3 is 19.2 Å². The second kappa shape index (κ2) is 6.13. The van der Waals surface area contributed by atoms with Crippen LogP contribution in [0.15, 0.2) is 40.5 Å². The zero-order chi connectivity index (χ0) is 15.4. The minimum atomic E-state index is -0.680. The summed E-state index contributed by atoms with van der Waals surface area (Å²) in [6, 6.07) is 7.31. The second-order valence-corrected chi connectivity index (χ2v) is 4.28. The Labute approximate surface area is 121 Å². The van der Waals surface area contributed by atoms with Gasteiger partial charge in [-0.2, -0.15) is 0 Å². The molecular weight excluding hydrogens is 274 g/mol. The van der Waals surface area contributed by atoms with Gasteiger partial charge in [-0.15, -0.1) is 0 Å². The topological polar surface area (TPSA) is 77.8 Å². The van der Waals surface area contributed by atoms with Crippen molar-refractivity contribution in [1.82, 2.24) is 0 Å². The lowest BCUT2D eigenvalue weighted by molar-refractivity contribution is -0.138. The zero-order valence-electron chi connectivity index (χ0n) is 11.9. The van der Waals surface area contributed by atoms with E-state index < -0.39 is 11.9 Å². The van der Waals surface area contributed by atoms with Crippen molar-refractivity contribution in [1.29, 1.82) is 0 Å². The molecule has 1 N–H and O–H groups in total. The van der Waals surface area contributed by atoms with Gasteiger partial charge in [0.25, 0.3) is 0 Å². The van der Waals surface area contributed by atoms with E-state index in [1.165, 1.54) is 14.2 Å². The third kappa shape index (κ3) is 3.22. The first-order valence-electron chi connectivity index (χ1n) is 6.19. The molecule has 6 heteroatoms. The average molecular weight is 289 g/mol. The summed E-state index contributed by atoms with van der Waals surface area (Å²) in [4.78, 5) is 23.0. The maximum atomic E-state index is 11.7. The smallest absolute Gasteiger partial charge is 0.354 e. The molecule has 0 aliphatic carbocycles. The molecule has 0 amide bonds. The van der Waals surface area contributed by atoms with Crippen LogP contribution in [0.3, 0.4) is 0 Å². The summed E-state index contributed by atoms with van der Waals surface area (Å²) in [6.07, 6.45) is 1.03. The molecule has 0 radical (unpaired) electrons. The van der Waals surface area contributed by atoms with Crippen LogP contribution < -0.4 is 5.32 Å². The van der Waals surface area contributed by atoms with Crippen LogP contribution in [0, 0.1) is 6.92 Å². The Morgan fingerprint density at radius 2 is 2.00 bits per heavy atom. The molecule has 1 aromatic carbocycles. The van der Waals surface area contributed by atoms with Crippen molar-refractivity contribution in [2.24, 2.45) is 0 Å². The van der Waals surface area contributed by atoms with Gasteiger partial charge in [-0.05, 0) is 19.1 Å². The Morgan fingerprint density at radius 1 is 1.24 bits per heavy atom. The van der Waals surface area contributed by atoms with Gasteiger partial charge in [0.15, 0.2) is 5.58 Å². The number of anilines is 1. The molecule has 0 unspecified atom stereocenters. The minimum Gasteiger partial charge on any atom is -0.466 e. The SMILES string of the molecule is COC(=O)/C=C(/Nc1cccc2cc(C)oc12)C(=O)OC. The largest absolute Gasteiger partial charge is 0.466 e. The molecule has 0 bridgehead atoms. The summed E-state index contributed by atoms with van der Waals surface area (Å²) in [5, 5.41) is 3.73. The van der Waals surface area contributed by atoms with Gasteiger partial charge in [0.1, 0.15) is 11.5 Å². The maximum Gasteiger partial charge on any atom is 0.354 e. The summed E-state index contributed by atoms with van der Waals surface area (Å²) in [6.45, 7) is 1.83. The molecule has 2 aromatic rings. The molecule has 21 heavy (non-hydrogen) atoms. The van der Waals surface area contributed by atoms with E-state index in [0.29, 0.717) is 11.3 Å². The fraction of sp³-hybridized carbons (Fsp3) is 0.200. The number of aryl methyl sites for hydroxylation is 1. The van der Waals surface area contributed by atoms with E-state index >= 15 is 0 Å². The molecule has 0 spiro atoms. The van der Waals surface area contributed by atoms with Crippen molar-refractivity contribution in [3.8, 4) is 0 Å². The minimum absolute atomic E-state index is 0.0362. The first-order valence-corrected chi connectivity index (χ1v) is 6.19. The Bertz CT molecular complexity index is 714. The molecule has 2 rings (SSSR count). The first-order chi connectivity index (χ1) is 10.0. The highest BCUT2D eigenvalue weighted by Gasteiger charge is 2.15. The molecule has 6 nitrogen and oxygen atoms in total. The maximum absolute atomic E-state index is 11.7. The average Bonchev–Trinajstić information content (AvgIpc) is 2.86. The molecule has 1 heterocycles. The molecule has 0 atom stereocenters. The number of rotatable bonds is 4. The third-order valence-electron chi connectivity index (χ3n) is 2.81. The number of carbonyl (C=O) groups excluding carboxylic acids is 2. The number of hydrogen-bond acceptors (Lipinski definition) is 6. The predicted molar refractivity (Wildman–Crippen MR) is 76.7 cm³/mol. The van der Waals surface area contributed by atoms with E-state index in [0.717, 1.165) is 17.2 Å². The van der Waals surface area contributed by atoms with E-state index in [2.05, 4.69) is 14.8 Å². The van der Waals surface area contributed by atoms with Crippen LogP contribution in [0.1, 0.15) is 5.76 Å². The third-order valence-corrected chi connectivity index (χ3v) is 2.81. The number of carbonyl (C=O) groups is 2. The lowest BCUT2D eigenvalue weighted by Crippen LogP contribution is -2.15. The number of fused-ring (bicyclic) bond motifs is 1. The van der Waals surface area contributed by atoms with E-state index in [9.17, 15) is 9.59 Å². The lowest BCUT2D eigenvalue weighted by Gasteiger charge is -2.09. The first kappa shape index (κ1) is 14.6. The van der Waals surface area contributed by atoms with Crippen LogP contribution in [-0.2, 0) is 19.1 Å². The van der Waals surface area contributed by atoms with Gasteiger partial charge in [0.2, 0.25) is 0 Å². The highest BCUT2D eigenvalue weighted by molar-refractivity contribution is 6.01. The normalized spacial score (nSPS) is 11.3. The molecule has 0 fully saturated rings. The molecular formula is C15H15NO5. The van der Waals surface area contributed by atoms with Crippen LogP contribution in [-0.4, -0.2) is 26.2 Å². The van der Waals surface area contributed by atoms with E-state index in [1.807, 2.05) is 25.1 Å². The number of hydrogen-bond donors (Lipinski definition) is 1. The van der Waals surface area contributed by atoms with Crippen molar-refractivity contribution >= 4 is 28.6 Å². The highest BCUT2D eigenvalue weighted by Crippen LogP contribution is 2.27. The number of ether oxygens (including phenoxy) is 2. The van der Waals surface area contributed by atoms with E-state index in [4.69, 9.17) is 4.42 Å². The molecule has 110 valence electrons. The van der Waals surface area contributed by atoms with E-state index in [-0.39, 0.29) is 5.70 Å². The lowest BCUT2D eigenvalue weighted by atomic mass is 10.2. The number of esters is 2. The monoisotopic (exact) mass is 289 g/mol. The summed E-state index contributed by atoms with van der Waals surface area (Å²) in [7, 11) is 2.46. The number of methoxy groups -OCH3 is 2. The van der Waals surface area contributed by atoms with Crippen LogP contribution in [0.5, 0.6) is 0 Å². The molecule has 0 saturated carbocycles. The van der Waals surface area contributed by atoms with Crippen LogP contribution in [0.25, 0.3) is 11.0 Å². The fourth-order valence-electron chi connectivity index (χ4n) is 1.87. The summed E-state index contributed by atoms with van der Waals surface area (Å²) >= 11 is 0. The Hall–Kier alpha value is -2.76. The predicted octanol–water partition coefficient (Wildman–Crippen LogP) is 2.38. The highest BCUT2D eigenvalue weighted by atomic mass is 16.5. The molecule has 0 saturated heterocycles. The van der Waals surface area contributed by atoms with Gasteiger partial charge >= 0.3 is 11.9 Å². The van der Waals surface area contributed by atoms with Gasteiger partial charge in [0, 0.05) is 5.39 Å². The number of benzene rings is 1. The summed E-state index contributed by atoms with van der Waals surface area (Å²) < 4.78 is 14.7. The van der Waals surface area contributed by atoms with Crippen LogP contribution >= 0.6 is 0 Å². The Morgan fingerprint density at radius 3 is 2.67 bits per heavy atom. The molecule has 0 aliphatic heterocycles. The van der Waals surface area contributed by atoms with Crippen molar-refractivity contribution in [3.05, 3.63) is 41.8 Å². The van der Waals surface area contributed by atoms with E-state index in [1.54, 1.807) is 6.07 Å². The number of para-hydroxylation sites is 1. The zero-order valence-corrected chi connectivity index (χ0v) is 11.9. The standard InChI is InChI=1S/C15H15NO5/c1-9-7-10-5-4-6-11(14(10)21-9)16-12(15(18)20-3)8-13(17)19-2/h4-8,16H,1-3H3/b12-8+. The molecule has 1 aromatic heterocycles. The Balaban J connectivity index is 2.41. The van der Waals surface area contributed by atoms with Gasteiger partial charge in [0.05, 0.1) is 26.0 Å². The molecule has 0 aliphatic rings. The van der Waals surface area contributed by atoms with Gasteiger partial charge in [-0.3, -0.25) is 0 Å². The van der Waals surface area contributed by atoms with Gasteiger partial charge in [-0.25, -0.2) is 9.59 Å². The van der Waals surface area contributed by atoms with Crippen LogP contribution in [0.2, 0.25) is 0 Å². The van der Waals surface area contributed by atoms with Crippen molar-refractivity contribution < 1.29 is 23.5 Å². The fourth-order valence-corrected chi connectivity index (χ4v) is 1.87. The van der Waals surface area contributed by atoms with Gasteiger partial charge in [-0.1, -0.05) is 12.1 Å². The quantitative estimate of drug-likeness (QED) is 0.688. The summed E-state index contributed by atoms with van der Waals surface area (Å²) in [5.41, 5.74) is 1.11. The number of furan rings is 1. The Kier molecular flexibility index (Phi) is 4.27. The van der Waals surface area contributed by atoms with Crippen molar-refractivity contribution in [2.75, 3.05) is 19.5 Å². The van der Waals surface area contributed by atoms with Crippen LogP contribution in [0.4, 0.5) is 5.69 Å². The summed E-state index contributed by atoms with van der Waals surface area (Å²) in [5.74, 6) is -0.595. The second-order valence-electron chi connectivity index (χ2n) is 4.28. The number of nitrogens with one attached hydrogen (secondary N) is 1. The van der Waals surface area contributed by atoms with Crippen molar-refractivity contribution in [2.45, 2.75) is 6.92 Å². The van der Waals surface area contributed by atoms with Crippen molar-refractivity contribution in [3.63, 3.8) is 0 Å².